The van der Waals surface area contributed by atoms with E-state index in [0.29, 0.717) is 5.92 Å². The third-order valence-corrected chi connectivity index (χ3v) is 1.83. The van der Waals surface area contributed by atoms with Crippen molar-refractivity contribution in [1.82, 2.24) is 4.98 Å². The monoisotopic (exact) mass is 171 g/mol. The van der Waals surface area contributed by atoms with Crippen molar-refractivity contribution in [3.8, 4) is 0 Å². The predicted octanol–water partition coefficient (Wildman–Crippen LogP) is 2.15. The van der Waals surface area contributed by atoms with Crippen molar-refractivity contribution in [3.05, 3.63) is 33.2 Å². The molecule has 60 valence electrons. The van der Waals surface area contributed by atoms with Crippen molar-refractivity contribution in [3.63, 3.8) is 0 Å². The number of nitrogens with one attached hydrogen (secondary N) is 1. The molecule has 0 saturated heterocycles. The van der Waals surface area contributed by atoms with Crippen LogP contribution in [0.4, 0.5) is 0 Å². The molecule has 0 aliphatic carbocycles. The summed E-state index contributed by atoms with van der Waals surface area (Å²) in [6.07, 6.45) is 1.69. The molecule has 0 unspecified atom stereocenters. The first-order valence-corrected chi connectivity index (χ1v) is 3.87. The molecule has 0 aliphatic rings. The van der Waals surface area contributed by atoms with Crippen LogP contribution >= 0.6 is 11.6 Å². The smallest absolute Gasteiger partial charge is 0.266 e. The molecule has 2 nitrogen and oxygen atoms in total. The van der Waals surface area contributed by atoms with Crippen molar-refractivity contribution >= 4 is 11.6 Å². The Morgan fingerprint density at radius 1 is 1.55 bits per heavy atom. The number of aromatic nitrogens is 1. The lowest BCUT2D eigenvalue weighted by atomic mass is 10.1. The molecule has 11 heavy (non-hydrogen) atoms. The molecule has 0 atom stereocenters. The maximum atomic E-state index is 10.8. The molecular weight excluding hydrogens is 162 g/mol. The molecule has 0 radical (unpaired) electrons. The summed E-state index contributed by atoms with van der Waals surface area (Å²) < 4.78 is 0. The fourth-order valence-corrected chi connectivity index (χ4v) is 0.985. The van der Waals surface area contributed by atoms with E-state index in [9.17, 15) is 4.79 Å². The molecule has 1 heterocycles. The third kappa shape index (κ3) is 1.84. The Bertz CT molecular complexity index is 303. The van der Waals surface area contributed by atoms with E-state index in [1.807, 2.05) is 13.8 Å². The van der Waals surface area contributed by atoms with E-state index in [4.69, 9.17) is 11.6 Å². The molecule has 1 aromatic rings. The highest BCUT2D eigenvalue weighted by atomic mass is 35.5. The zero-order valence-electron chi connectivity index (χ0n) is 6.52. The van der Waals surface area contributed by atoms with Crippen molar-refractivity contribution in [2.45, 2.75) is 19.8 Å². The minimum atomic E-state index is -0.226. The van der Waals surface area contributed by atoms with E-state index in [1.165, 1.54) is 0 Å². The highest BCUT2D eigenvalue weighted by molar-refractivity contribution is 6.30. The van der Waals surface area contributed by atoms with Gasteiger partial charge in [-0.1, -0.05) is 25.4 Å². The fraction of sp³-hybridized carbons (Fsp3) is 0.375. The average Bonchev–Trinajstić information content (AvgIpc) is 1.94. The summed E-state index contributed by atoms with van der Waals surface area (Å²) in [4.78, 5) is 13.4. The van der Waals surface area contributed by atoms with E-state index in [0.717, 1.165) is 5.56 Å². The van der Waals surface area contributed by atoms with Gasteiger partial charge in [0.25, 0.3) is 5.56 Å². The van der Waals surface area contributed by atoms with Gasteiger partial charge in [-0.05, 0) is 17.5 Å². The zero-order valence-corrected chi connectivity index (χ0v) is 7.27. The summed E-state index contributed by atoms with van der Waals surface area (Å²) in [5.74, 6) is 0.393. The summed E-state index contributed by atoms with van der Waals surface area (Å²) in [5.41, 5.74) is 0.825. The summed E-state index contributed by atoms with van der Waals surface area (Å²) in [6, 6.07) is 1.70. The number of halogens is 1. The van der Waals surface area contributed by atoms with E-state index in [2.05, 4.69) is 4.98 Å². The SMILES string of the molecule is CC(C)c1c[nH]c(=O)c(Cl)c1. The third-order valence-electron chi connectivity index (χ3n) is 1.55. The Kier molecular flexibility index (Phi) is 2.35. The number of pyridine rings is 1. The van der Waals surface area contributed by atoms with Gasteiger partial charge in [-0.3, -0.25) is 4.79 Å². The van der Waals surface area contributed by atoms with Crippen LogP contribution in [-0.4, -0.2) is 4.98 Å². The predicted molar refractivity (Wildman–Crippen MR) is 46.2 cm³/mol. The van der Waals surface area contributed by atoms with Crippen LogP contribution in [0.25, 0.3) is 0 Å². The zero-order chi connectivity index (χ0) is 8.43. The highest BCUT2D eigenvalue weighted by Gasteiger charge is 2.01. The minimum Gasteiger partial charge on any atom is -0.328 e. The molecule has 1 rings (SSSR count). The maximum absolute atomic E-state index is 10.8. The quantitative estimate of drug-likeness (QED) is 0.690. The van der Waals surface area contributed by atoms with Crippen LogP contribution in [0, 0.1) is 0 Å². The first-order chi connectivity index (χ1) is 5.11. The topological polar surface area (TPSA) is 32.9 Å². The van der Waals surface area contributed by atoms with Crippen LogP contribution in [0.15, 0.2) is 17.1 Å². The van der Waals surface area contributed by atoms with Crippen molar-refractivity contribution < 1.29 is 0 Å². The molecule has 3 heteroatoms. The van der Waals surface area contributed by atoms with Crippen molar-refractivity contribution in [1.29, 1.82) is 0 Å². The van der Waals surface area contributed by atoms with E-state index < -0.39 is 0 Å². The molecule has 0 amide bonds. The molecule has 0 aliphatic heterocycles. The maximum Gasteiger partial charge on any atom is 0.266 e. The Hall–Kier alpha value is -0.760. The second-order valence-corrected chi connectivity index (χ2v) is 3.17. The van der Waals surface area contributed by atoms with Crippen LogP contribution in [0.5, 0.6) is 0 Å². The second-order valence-electron chi connectivity index (χ2n) is 2.76. The number of rotatable bonds is 1. The van der Waals surface area contributed by atoms with Gasteiger partial charge in [-0.25, -0.2) is 0 Å². The van der Waals surface area contributed by atoms with Crippen molar-refractivity contribution in [2.24, 2.45) is 0 Å². The molecule has 1 N–H and O–H groups in total. The van der Waals surface area contributed by atoms with Gasteiger partial charge < -0.3 is 4.98 Å². The summed E-state index contributed by atoms with van der Waals surface area (Å²) in [5, 5.41) is 0.260. The number of hydrogen-bond donors (Lipinski definition) is 1. The average molecular weight is 172 g/mol. The summed E-state index contributed by atoms with van der Waals surface area (Å²) in [6.45, 7) is 4.09. The molecule has 0 bridgehead atoms. The van der Waals surface area contributed by atoms with Gasteiger partial charge in [-0.15, -0.1) is 0 Å². The molecule has 0 saturated carbocycles. The largest absolute Gasteiger partial charge is 0.328 e. The normalized spacial score (nSPS) is 10.5. The first-order valence-electron chi connectivity index (χ1n) is 3.49. The van der Waals surface area contributed by atoms with Crippen LogP contribution in [-0.2, 0) is 0 Å². The highest BCUT2D eigenvalue weighted by Crippen LogP contribution is 2.13. The number of aromatic amines is 1. The lowest BCUT2D eigenvalue weighted by molar-refractivity contribution is 0.856. The Morgan fingerprint density at radius 3 is 2.64 bits per heavy atom. The first kappa shape index (κ1) is 8.34. The standard InChI is InChI=1S/C8H10ClNO/c1-5(2)6-3-7(9)8(11)10-4-6/h3-5H,1-2H3,(H,10,11). The van der Waals surface area contributed by atoms with E-state index >= 15 is 0 Å². The summed E-state index contributed by atoms with van der Waals surface area (Å²) >= 11 is 5.61. The van der Waals surface area contributed by atoms with Crippen LogP contribution in [0.3, 0.4) is 0 Å². The minimum absolute atomic E-state index is 0.226. The van der Waals surface area contributed by atoms with Gasteiger partial charge in [0.05, 0.1) is 0 Å². The van der Waals surface area contributed by atoms with Gasteiger partial charge in [0, 0.05) is 6.20 Å². The van der Waals surface area contributed by atoms with Gasteiger partial charge in [0.2, 0.25) is 0 Å². The lowest BCUT2D eigenvalue weighted by Gasteiger charge is -2.03. The van der Waals surface area contributed by atoms with E-state index in [-0.39, 0.29) is 10.6 Å². The van der Waals surface area contributed by atoms with E-state index in [1.54, 1.807) is 12.3 Å². The Labute approximate surface area is 70.2 Å². The van der Waals surface area contributed by atoms with Gasteiger partial charge in [-0.2, -0.15) is 0 Å². The lowest BCUT2D eigenvalue weighted by Crippen LogP contribution is -2.06. The molecule has 0 spiro atoms. The number of H-pyrrole nitrogens is 1. The summed E-state index contributed by atoms with van der Waals surface area (Å²) in [7, 11) is 0. The second kappa shape index (κ2) is 3.09. The van der Waals surface area contributed by atoms with Crippen LogP contribution in [0.1, 0.15) is 25.3 Å². The van der Waals surface area contributed by atoms with Crippen molar-refractivity contribution in [2.75, 3.05) is 0 Å². The molecular formula is C8H10ClNO. The van der Waals surface area contributed by atoms with Gasteiger partial charge >= 0.3 is 0 Å². The van der Waals surface area contributed by atoms with Crippen LogP contribution in [0.2, 0.25) is 5.02 Å². The van der Waals surface area contributed by atoms with Gasteiger partial charge in [0.1, 0.15) is 5.02 Å². The van der Waals surface area contributed by atoms with Gasteiger partial charge in [0.15, 0.2) is 0 Å². The molecule has 0 fully saturated rings. The Morgan fingerprint density at radius 2 is 2.18 bits per heavy atom. The fourth-order valence-electron chi connectivity index (χ4n) is 0.805. The van der Waals surface area contributed by atoms with Crippen LogP contribution < -0.4 is 5.56 Å². The molecule has 0 aromatic carbocycles. The number of hydrogen-bond acceptors (Lipinski definition) is 1. The molecule has 1 aromatic heterocycles. The Balaban J connectivity index is 3.15.